The smallest absolute Gasteiger partial charge is 0.338 e. The fourth-order valence-electron chi connectivity index (χ4n) is 2.34. The van der Waals surface area contributed by atoms with Gasteiger partial charge in [0, 0.05) is 18.8 Å². The highest BCUT2D eigenvalue weighted by Crippen LogP contribution is 2.15. The van der Waals surface area contributed by atoms with Crippen molar-refractivity contribution in [3.05, 3.63) is 29.8 Å². The Balaban J connectivity index is 1.83. The van der Waals surface area contributed by atoms with Gasteiger partial charge in [0.15, 0.2) is 6.61 Å². The van der Waals surface area contributed by atoms with Crippen molar-refractivity contribution in [3.8, 4) is 0 Å². The standard InChI is InChI=1S/C15H20N2O3/c1-11-3-2-8-17(9-11)14(18)10-20-15(19)12-4-6-13(16)7-5-12/h4-7,11H,2-3,8-10,16H2,1H3. The van der Waals surface area contributed by atoms with Crippen molar-refractivity contribution >= 4 is 17.6 Å². The van der Waals surface area contributed by atoms with Crippen LogP contribution in [0.2, 0.25) is 0 Å². The lowest BCUT2D eigenvalue weighted by Crippen LogP contribution is -2.41. The summed E-state index contributed by atoms with van der Waals surface area (Å²) in [6.07, 6.45) is 2.16. The van der Waals surface area contributed by atoms with Crippen LogP contribution in [0.3, 0.4) is 0 Å². The van der Waals surface area contributed by atoms with E-state index in [9.17, 15) is 9.59 Å². The Morgan fingerprint density at radius 2 is 2.05 bits per heavy atom. The number of benzene rings is 1. The van der Waals surface area contributed by atoms with Gasteiger partial charge in [0.2, 0.25) is 0 Å². The molecule has 1 fully saturated rings. The number of carbonyl (C=O) groups is 2. The highest BCUT2D eigenvalue weighted by Gasteiger charge is 2.21. The minimum absolute atomic E-state index is 0.125. The summed E-state index contributed by atoms with van der Waals surface area (Å²) in [7, 11) is 0. The first-order valence-electron chi connectivity index (χ1n) is 6.86. The quantitative estimate of drug-likeness (QED) is 0.673. The molecule has 1 aliphatic heterocycles. The van der Waals surface area contributed by atoms with Gasteiger partial charge in [0.05, 0.1) is 5.56 Å². The fraction of sp³-hybridized carbons (Fsp3) is 0.467. The molecule has 1 heterocycles. The summed E-state index contributed by atoms with van der Waals surface area (Å²) in [4.78, 5) is 25.5. The maximum Gasteiger partial charge on any atom is 0.338 e. The second-order valence-electron chi connectivity index (χ2n) is 5.29. The molecular formula is C15H20N2O3. The van der Waals surface area contributed by atoms with Crippen molar-refractivity contribution in [1.82, 2.24) is 4.90 Å². The van der Waals surface area contributed by atoms with Crippen LogP contribution in [0, 0.1) is 5.92 Å². The SMILES string of the molecule is CC1CCCN(C(=O)COC(=O)c2ccc(N)cc2)C1. The molecule has 1 aromatic rings. The number of esters is 1. The second kappa shape index (κ2) is 6.41. The molecule has 0 spiro atoms. The summed E-state index contributed by atoms with van der Waals surface area (Å²) in [5, 5.41) is 0. The molecule has 1 saturated heterocycles. The van der Waals surface area contributed by atoms with Crippen molar-refractivity contribution in [2.24, 2.45) is 5.92 Å². The average Bonchev–Trinajstić information content (AvgIpc) is 2.45. The largest absolute Gasteiger partial charge is 0.452 e. The fourth-order valence-corrected chi connectivity index (χ4v) is 2.34. The Bertz CT molecular complexity index is 484. The normalized spacial score (nSPS) is 18.6. The van der Waals surface area contributed by atoms with Gasteiger partial charge in [-0.15, -0.1) is 0 Å². The van der Waals surface area contributed by atoms with Crippen LogP contribution < -0.4 is 5.73 Å². The Labute approximate surface area is 118 Å². The van der Waals surface area contributed by atoms with Crippen molar-refractivity contribution in [3.63, 3.8) is 0 Å². The monoisotopic (exact) mass is 276 g/mol. The van der Waals surface area contributed by atoms with Crippen LogP contribution in [0.25, 0.3) is 0 Å². The third-order valence-corrected chi connectivity index (χ3v) is 3.48. The van der Waals surface area contributed by atoms with E-state index in [4.69, 9.17) is 10.5 Å². The number of carbonyl (C=O) groups excluding carboxylic acids is 2. The zero-order chi connectivity index (χ0) is 14.5. The summed E-state index contributed by atoms with van der Waals surface area (Å²) < 4.78 is 5.05. The number of nitrogens with zero attached hydrogens (tertiary/aromatic N) is 1. The number of piperidine rings is 1. The Morgan fingerprint density at radius 1 is 1.35 bits per heavy atom. The van der Waals surface area contributed by atoms with Crippen molar-refractivity contribution in [2.75, 3.05) is 25.4 Å². The number of rotatable bonds is 3. The Kier molecular flexibility index (Phi) is 4.61. The molecule has 2 rings (SSSR count). The van der Waals surface area contributed by atoms with Crippen LogP contribution in [0.5, 0.6) is 0 Å². The van der Waals surface area contributed by atoms with Crippen LogP contribution in [0.15, 0.2) is 24.3 Å². The van der Waals surface area contributed by atoms with Gasteiger partial charge in [-0.1, -0.05) is 6.92 Å². The molecule has 1 unspecified atom stereocenters. The third kappa shape index (κ3) is 3.73. The van der Waals surface area contributed by atoms with Crippen molar-refractivity contribution in [2.45, 2.75) is 19.8 Å². The molecule has 0 saturated carbocycles. The lowest BCUT2D eigenvalue weighted by Gasteiger charge is -2.30. The molecule has 0 aliphatic carbocycles. The molecule has 20 heavy (non-hydrogen) atoms. The van der Waals surface area contributed by atoms with E-state index in [1.54, 1.807) is 29.2 Å². The number of likely N-dealkylation sites (tertiary alicyclic amines) is 1. The molecule has 0 radical (unpaired) electrons. The third-order valence-electron chi connectivity index (χ3n) is 3.48. The predicted molar refractivity (Wildman–Crippen MR) is 76.1 cm³/mol. The van der Waals surface area contributed by atoms with Crippen molar-refractivity contribution < 1.29 is 14.3 Å². The van der Waals surface area contributed by atoms with Crippen LogP contribution in [0.1, 0.15) is 30.1 Å². The van der Waals surface area contributed by atoms with Gasteiger partial charge in [-0.2, -0.15) is 0 Å². The molecule has 1 aromatic carbocycles. The summed E-state index contributed by atoms with van der Waals surface area (Å²) in [5.41, 5.74) is 6.53. The summed E-state index contributed by atoms with van der Waals surface area (Å²) in [6, 6.07) is 6.44. The summed E-state index contributed by atoms with van der Waals surface area (Å²) in [5.74, 6) is -0.107. The Hall–Kier alpha value is -2.04. The van der Waals surface area contributed by atoms with Gasteiger partial charge < -0.3 is 15.4 Å². The molecule has 108 valence electrons. The topological polar surface area (TPSA) is 72.6 Å². The minimum atomic E-state index is -0.497. The van der Waals surface area contributed by atoms with E-state index in [2.05, 4.69) is 6.92 Å². The van der Waals surface area contributed by atoms with Gasteiger partial charge in [0.25, 0.3) is 5.91 Å². The molecule has 5 heteroatoms. The molecular weight excluding hydrogens is 256 g/mol. The number of nitrogen functional groups attached to an aromatic ring is 1. The summed E-state index contributed by atoms with van der Waals surface area (Å²) >= 11 is 0. The highest BCUT2D eigenvalue weighted by atomic mass is 16.5. The van der Waals surface area contributed by atoms with Crippen LogP contribution in [0.4, 0.5) is 5.69 Å². The van der Waals surface area contributed by atoms with Gasteiger partial charge in [0.1, 0.15) is 0 Å². The first-order valence-corrected chi connectivity index (χ1v) is 6.86. The van der Waals surface area contributed by atoms with E-state index in [-0.39, 0.29) is 12.5 Å². The van der Waals surface area contributed by atoms with E-state index >= 15 is 0 Å². The molecule has 5 nitrogen and oxygen atoms in total. The van der Waals surface area contributed by atoms with E-state index in [1.165, 1.54) is 0 Å². The lowest BCUT2D eigenvalue weighted by atomic mass is 10.0. The van der Waals surface area contributed by atoms with Gasteiger partial charge in [-0.3, -0.25) is 4.79 Å². The average molecular weight is 276 g/mol. The van der Waals surface area contributed by atoms with E-state index in [0.29, 0.717) is 17.2 Å². The van der Waals surface area contributed by atoms with Gasteiger partial charge >= 0.3 is 5.97 Å². The number of hydrogen-bond donors (Lipinski definition) is 1. The molecule has 2 N–H and O–H groups in total. The minimum Gasteiger partial charge on any atom is -0.452 e. The van der Waals surface area contributed by atoms with Crippen molar-refractivity contribution in [1.29, 1.82) is 0 Å². The molecule has 0 bridgehead atoms. The zero-order valence-electron chi connectivity index (χ0n) is 11.7. The number of hydrogen-bond acceptors (Lipinski definition) is 4. The first kappa shape index (κ1) is 14.4. The number of ether oxygens (including phenoxy) is 1. The second-order valence-corrected chi connectivity index (χ2v) is 5.29. The van der Waals surface area contributed by atoms with Gasteiger partial charge in [-0.25, -0.2) is 4.79 Å². The highest BCUT2D eigenvalue weighted by molar-refractivity contribution is 5.91. The van der Waals surface area contributed by atoms with Crippen LogP contribution in [-0.4, -0.2) is 36.5 Å². The molecule has 0 aromatic heterocycles. The molecule has 1 aliphatic rings. The molecule has 1 atom stereocenters. The summed E-state index contributed by atoms with van der Waals surface area (Å²) in [6.45, 7) is 3.43. The van der Waals surface area contributed by atoms with Crippen LogP contribution in [-0.2, 0) is 9.53 Å². The predicted octanol–water partition coefficient (Wildman–Crippen LogP) is 1.68. The van der Waals surface area contributed by atoms with E-state index in [1.807, 2.05) is 0 Å². The zero-order valence-corrected chi connectivity index (χ0v) is 11.7. The number of anilines is 1. The van der Waals surface area contributed by atoms with Crippen LogP contribution >= 0.6 is 0 Å². The van der Waals surface area contributed by atoms with E-state index < -0.39 is 5.97 Å². The first-order chi connectivity index (χ1) is 9.56. The van der Waals surface area contributed by atoms with E-state index in [0.717, 1.165) is 25.9 Å². The van der Waals surface area contributed by atoms with Gasteiger partial charge in [-0.05, 0) is 43.0 Å². The lowest BCUT2D eigenvalue weighted by molar-refractivity contribution is -0.136. The number of nitrogens with two attached hydrogens (primary N) is 1. The maximum atomic E-state index is 12.0. The maximum absolute atomic E-state index is 12.0. The number of amides is 1. The Morgan fingerprint density at radius 3 is 2.70 bits per heavy atom. The molecule has 1 amide bonds.